The van der Waals surface area contributed by atoms with Crippen molar-refractivity contribution in [1.82, 2.24) is 4.90 Å². The predicted molar refractivity (Wildman–Crippen MR) is 120 cm³/mol. The van der Waals surface area contributed by atoms with Crippen LogP contribution in [0.1, 0.15) is 48.9 Å². The van der Waals surface area contributed by atoms with Gasteiger partial charge in [-0.25, -0.2) is 0 Å². The molecule has 1 saturated heterocycles. The van der Waals surface area contributed by atoms with Crippen molar-refractivity contribution >= 4 is 11.5 Å². The zero-order chi connectivity index (χ0) is 21.1. The maximum absolute atomic E-state index is 11.0. The minimum absolute atomic E-state index is 0.190. The molecule has 2 aromatic carbocycles. The first kappa shape index (κ1) is 20.7. The van der Waals surface area contributed by atoms with Gasteiger partial charge in [0.2, 0.25) is 0 Å². The summed E-state index contributed by atoms with van der Waals surface area (Å²) >= 11 is 0. The lowest BCUT2D eigenvalue weighted by atomic mass is 9.85. The van der Waals surface area contributed by atoms with E-state index in [0.717, 1.165) is 31.6 Å². The molecular formula is C26H31NO3. The van der Waals surface area contributed by atoms with Gasteiger partial charge in [-0.1, -0.05) is 49.2 Å². The largest absolute Gasteiger partial charge is 0.489 e. The fourth-order valence-corrected chi connectivity index (χ4v) is 4.48. The number of hydrogen-bond donors (Lipinski definition) is 1. The van der Waals surface area contributed by atoms with Crippen LogP contribution in [-0.2, 0) is 24.2 Å². The van der Waals surface area contributed by atoms with E-state index in [1.807, 2.05) is 0 Å². The van der Waals surface area contributed by atoms with Crippen molar-refractivity contribution in [1.29, 1.82) is 0 Å². The number of benzene rings is 2. The molecule has 0 bridgehead atoms. The average Bonchev–Trinajstić information content (AvgIpc) is 2.71. The summed E-state index contributed by atoms with van der Waals surface area (Å²) in [5.41, 5.74) is 8.01. The molecule has 4 nitrogen and oxygen atoms in total. The Morgan fingerprint density at radius 2 is 1.83 bits per heavy atom. The normalized spacial score (nSPS) is 16.9. The van der Waals surface area contributed by atoms with Gasteiger partial charge < -0.3 is 9.84 Å². The van der Waals surface area contributed by atoms with Crippen molar-refractivity contribution in [2.45, 2.75) is 46.1 Å². The molecule has 0 aromatic heterocycles. The minimum atomic E-state index is -0.671. The summed E-state index contributed by atoms with van der Waals surface area (Å²) in [6, 6.07) is 15.1. The Morgan fingerprint density at radius 3 is 2.53 bits per heavy atom. The second-order valence-corrected chi connectivity index (χ2v) is 8.63. The van der Waals surface area contributed by atoms with Gasteiger partial charge in [0.05, 0.1) is 5.92 Å². The number of aryl methyl sites for hydroxylation is 2. The van der Waals surface area contributed by atoms with E-state index < -0.39 is 5.97 Å². The molecule has 0 radical (unpaired) electrons. The molecule has 0 spiro atoms. The van der Waals surface area contributed by atoms with Gasteiger partial charge in [-0.3, -0.25) is 9.69 Å². The van der Waals surface area contributed by atoms with E-state index in [1.165, 1.54) is 39.8 Å². The first-order valence-corrected chi connectivity index (χ1v) is 11.0. The number of nitrogens with zero attached hydrogens (tertiary/aromatic N) is 1. The number of carbonyl (C=O) groups is 1. The van der Waals surface area contributed by atoms with Gasteiger partial charge in [0, 0.05) is 19.6 Å². The third kappa shape index (κ3) is 4.59. The lowest BCUT2D eigenvalue weighted by Crippen LogP contribution is -2.50. The number of hydrogen-bond acceptors (Lipinski definition) is 3. The zero-order valence-electron chi connectivity index (χ0n) is 18.0. The number of allylic oxidation sites excluding steroid dienone is 1. The number of aliphatic carboxylic acids is 1. The van der Waals surface area contributed by atoms with Gasteiger partial charge in [-0.2, -0.15) is 0 Å². The summed E-state index contributed by atoms with van der Waals surface area (Å²) in [6.45, 7) is 7.22. The lowest BCUT2D eigenvalue weighted by Gasteiger charge is -2.38. The minimum Gasteiger partial charge on any atom is -0.489 e. The fourth-order valence-electron chi connectivity index (χ4n) is 4.48. The summed E-state index contributed by atoms with van der Waals surface area (Å²) in [7, 11) is 0. The number of ether oxygens (including phenoxy) is 1. The van der Waals surface area contributed by atoms with Crippen LogP contribution in [0.5, 0.6) is 5.75 Å². The molecule has 1 heterocycles. The quantitative estimate of drug-likeness (QED) is 0.675. The summed E-state index contributed by atoms with van der Waals surface area (Å²) in [5, 5.41) is 9.06. The third-order valence-electron chi connectivity index (χ3n) is 6.40. The second kappa shape index (κ2) is 9.05. The highest BCUT2D eigenvalue weighted by atomic mass is 16.5. The molecule has 4 heteroatoms. The molecule has 1 aliphatic carbocycles. The third-order valence-corrected chi connectivity index (χ3v) is 6.40. The summed E-state index contributed by atoms with van der Waals surface area (Å²) < 4.78 is 6.07. The molecule has 2 aromatic rings. The van der Waals surface area contributed by atoms with Crippen LogP contribution >= 0.6 is 0 Å². The first-order valence-electron chi connectivity index (χ1n) is 11.0. The molecule has 1 fully saturated rings. The Morgan fingerprint density at radius 1 is 1.10 bits per heavy atom. The number of rotatable bonds is 8. The summed E-state index contributed by atoms with van der Waals surface area (Å²) in [4.78, 5) is 13.3. The fraction of sp³-hybridized carbons (Fsp3) is 0.423. The zero-order valence-corrected chi connectivity index (χ0v) is 18.0. The molecular weight excluding hydrogens is 374 g/mol. The molecule has 158 valence electrons. The highest BCUT2D eigenvalue weighted by Gasteiger charge is 2.33. The molecule has 0 saturated carbocycles. The molecule has 0 atom stereocenters. The van der Waals surface area contributed by atoms with E-state index in [0.29, 0.717) is 19.7 Å². The Bertz CT molecular complexity index is 939. The van der Waals surface area contributed by atoms with Crippen molar-refractivity contribution in [2.24, 2.45) is 5.92 Å². The number of carboxylic acids is 1. The molecule has 30 heavy (non-hydrogen) atoms. The van der Waals surface area contributed by atoms with E-state index in [-0.39, 0.29) is 5.92 Å². The summed E-state index contributed by atoms with van der Waals surface area (Å²) in [6.07, 6.45) is 4.34. The average molecular weight is 406 g/mol. The molecule has 1 aliphatic heterocycles. The predicted octanol–water partition coefficient (Wildman–Crippen LogP) is 4.95. The van der Waals surface area contributed by atoms with Crippen molar-refractivity contribution in [3.8, 4) is 5.75 Å². The van der Waals surface area contributed by atoms with Crippen molar-refractivity contribution in [3.05, 3.63) is 70.3 Å². The summed E-state index contributed by atoms with van der Waals surface area (Å²) in [5.74, 6) is 0.0642. The van der Waals surface area contributed by atoms with Gasteiger partial charge >= 0.3 is 5.97 Å². The van der Waals surface area contributed by atoms with Crippen LogP contribution in [0, 0.1) is 5.92 Å². The Kier molecular flexibility index (Phi) is 6.24. The van der Waals surface area contributed by atoms with Crippen molar-refractivity contribution in [2.75, 3.05) is 19.6 Å². The smallest absolute Gasteiger partial charge is 0.309 e. The van der Waals surface area contributed by atoms with E-state index in [1.54, 1.807) is 0 Å². The maximum atomic E-state index is 11.0. The molecule has 1 N–H and O–H groups in total. The van der Waals surface area contributed by atoms with Crippen molar-refractivity contribution < 1.29 is 14.6 Å². The Hall–Kier alpha value is -2.59. The van der Waals surface area contributed by atoms with E-state index in [2.05, 4.69) is 61.2 Å². The van der Waals surface area contributed by atoms with Crippen LogP contribution in [0.2, 0.25) is 0 Å². The number of likely N-dealkylation sites (tertiary alicyclic amines) is 1. The van der Waals surface area contributed by atoms with Gasteiger partial charge in [0.25, 0.3) is 0 Å². The van der Waals surface area contributed by atoms with Gasteiger partial charge in [-0.05, 0) is 66.1 Å². The molecule has 2 aliphatic rings. The van der Waals surface area contributed by atoms with Crippen LogP contribution in [0.25, 0.3) is 5.57 Å². The highest BCUT2D eigenvalue weighted by molar-refractivity contribution is 5.73. The Balaban J connectivity index is 1.37. The van der Waals surface area contributed by atoms with Crippen molar-refractivity contribution in [3.63, 3.8) is 0 Å². The van der Waals surface area contributed by atoms with Crippen LogP contribution in [0.15, 0.2) is 48.0 Å². The lowest BCUT2D eigenvalue weighted by molar-refractivity contribution is -0.147. The molecule has 0 amide bonds. The SMILES string of the molecule is CCCc1ccc(COc2ccc3c(c2)CCC(CN2CC(C(=O)O)C2)=C3C)cc1. The monoisotopic (exact) mass is 405 g/mol. The number of fused-ring (bicyclic) bond motifs is 1. The van der Waals surface area contributed by atoms with Crippen LogP contribution in [0.4, 0.5) is 0 Å². The molecule has 0 unspecified atom stereocenters. The van der Waals surface area contributed by atoms with Gasteiger partial charge in [0.15, 0.2) is 0 Å². The van der Waals surface area contributed by atoms with E-state index >= 15 is 0 Å². The highest BCUT2D eigenvalue weighted by Crippen LogP contribution is 2.34. The number of carboxylic acid groups (broad SMARTS) is 1. The van der Waals surface area contributed by atoms with E-state index in [9.17, 15) is 4.79 Å². The van der Waals surface area contributed by atoms with Crippen LogP contribution in [0.3, 0.4) is 0 Å². The Labute approximate surface area is 179 Å². The van der Waals surface area contributed by atoms with Gasteiger partial charge in [-0.15, -0.1) is 0 Å². The molecule has 4 rings (SSSR count). The van der Waals surface area contributed by atoms with Crippen LogP contribution < -0.4 is 4.74 Å². The second-order valence-electron chi connectivity index (χ2n) is 8.63. The topological polar surface area (TPSA) is 49.8 Å². The van der Waals surface area contributed by atoms with E-state index in [4.69, 9.17) is 9.84 Å². The first-order chi connectivity index (χ1) is 14.5. The van der Waals surface area contributed by atoms with Gasteiger partial charge in [0.1, 0.15) is 12.4 Å². The maximum Gasteiger partial charge on any atom is 0.309 e. The van der Waals surface area contributed by atoms with Crippen LogP contribution in [-0.4, -0.2) is 35.6 Å². The standard InChI is InChI=1S/C26H31NO3/c1-3-4-19-5-7-20(8-6-19)17-30-24-11-12-25-18(2)22(10-9-21(25)13-24)14-27-15-23(16-27)26(28)29/h5-8,11-13,23H,3-4,9-10,14-17H2,1-2H3,(H,28,29).